The Balaban J connectivity index is 1.81. The molecule has 1 heterocycles. The molecule has 1 aliphatic rings. The summed E-state index contributed by atoms with van der Waals surface area (Å²) < 4.78 is 12.1. The van der Waals surface area contributed by atoms with E-state index in [0.717, 1.165) is 6.42 Å². The summed E-state index contributed by atoms with van der Waals surface area (Å²) in [6.45, 7) is 6.92. The maximum absolute atomic E-state index is 6.06. The maximum Gasteiger partial charge on any atom is 0.164 e. The first-order valence-electron chi connectivity index (χ1n) is 9.00. The first-order chi connectivity index (χ1) is 11.1. The molecule has 1 saturated heterocycles. The van der Waals surface area contributed by atoms with Gasteiger partial charge in [0.2, 0.25) is 0 Å². The molecule has 0 aliphatic carbocycles. The fourth-order valence-corrected chi connectivity index (χ4v) is 3.01. The largest absolute Gasteiger partial charge is 0.344 e. The highest BCUT2D eigenvalue weighted by Gasteiger charge is 2.39. The number of rotatable bonds is 9. The second-order valence-electron chi connectivity index (χ2n) is 6.82. The van der Waals surface area contributed by atoms with Crippen molar-refractivity contribution in [1.82, 2.24) is 0 Å². The first-order valence-corrected chi connectivity index (χ1v) is 9.00. The molecule has 3 nitrogen and oxygen atoms in total. The van der Waals surface area contributed by atoms with E-state index < -0.39 is 5.79 Å². The molecule has 128 valence electrons. The summed E-state index contributed by atoms with van der Waals surface area (Å²) in [6.07, 6.45) is 9.51. The molecular formula is C20H31NO2. The van der Waals surface area contributed by atoms with E-state index in [1.54, 1.807) is 0 Å². The second kappa shape index (κ2) is 9.19. The Labute approximate surface area is 141 Å². The van der Waals surface area contributed by atoms with E-state index in [1.807, 2.05) is 38.3 Å². The lowest BCUT2D eigenvalue weighted by molar-refractivity contribution is -0.142. The fraction of sp³-hybridized carbons (Fsp3) is 0.650. The molecule has 0 unspecified atom stereocenters. The molecule has 0 bridgehead atoms. The van der Waals surface area contributed by atoms with Gasteiger partial charge < -0.3 is 9.47 Å². The van der Waals surface area contributed by atoms with Crippen LogP contribution in [-0.2, 0) is 16.0 Å². The summed E-state index contributed by atoms with van der Waals surface area (Å²) in [5, 5.41) is 0. The van der Waals surface area contributed by atoms with Crippen LogP contribution >= 0.6 is 0 Å². The highest BCUT2D eigenvalue weighted by Crippen LogP contribution is 2.30. The molecule has 1 aromatic carbocycles. The SMILES string of the molecule is CCCCCCC[C@@H]1OC(C)(C)O[C@H]1C=NCc1ccccc1. The summed E-state index contributed by atoms with van der Waals surface area (Å²) >= 11 is 0. The molecule has 2 atom stereocenters. The van der Waals surface area contributed by atoms with E-state index in [2.05, 4.69) is 24.0 Å². The number of hydrogen-bond donors (Lipinski definition) is 0. The summed E-state index contributed by atoms with van der Waals surface area (Å²) in [7, 11) is 0. The van der Waals surface area contributed by atoms with Gasteiger partial charge in [-0.1, -0.05) is 69.4 Å². The Bertz CT molecular complexity index is 470. The number of nitrogens with zero attached hydrogens (tertiary/aromatic N) is 1. The predicted molar refractivity (Wildman–Crippen MR) is 95.8 cm³/mol. The molecule has 3 heteroatoms. The zero-order valence-corrected chi connectivity index (χ0v) is 14.8. The van der Waals surface area contributed by atoms with Crippen molar-refractivity contribution >= 4 is 6.21 Å². The molecule has 0 saturated carbocycles. The highest BCUT2D eigenvalue weighted by molar-refractivity contribution is 5.64. The minimum Gasteiger partial charge on any atom is -0.344 e. The molecule has 1 aromatic rings. The molecule has 0 spiro atoms. The number of unbranched alkanes of at least 4 members (excludes halogenated alkanes) is 4. The molecule has 1 aliphatic heterocycles. The van der Waals surface area contributed by atoms with Crippen molar-refractivity contribution in [3.63, 3.8) is 0 Å². The summed E-state index contributed by atoms with van der Waals surface area (Å²) in [4.78, 5) is 4.57. The zero-order chi connectivity index (χ0) is 16.5. The van der Waals surface area contributed by atoms with Gasteiger partial charge in [0.05, 0.1) is 12.6 Å². The Morgan fingerprint density at radius 2 is 1.78 bits per heavy atom. The fourth-order valence-electron chi connectivity index (χ4n) is 3.01. The predicted octanol–water partition coefficient (Wildman–Crippen LogP) is 5.14. The Hall–Kier alpha value is -1.19. The van der Waals surface area contributed by atoms with E-state index in [1.165, 1.54) is 37.7 Å². The van der Waals surface area contributed by atoms with E-state index in [-0.39, 0.29) is 12.2 Å². The van der Waals surface area contributed by atoms with Gasteiger partial charge >= 0.3 is 0 Å². The van der Waals surface area contributed by atoms with Gasteiger partial charge in [-0.2, -0.15) is 0 Å². The van der Waals surface area contributed by atoms with Crippen LogP contribution in [0.4, 0.5) is 0 Å². The van der Waals surface area contributed by atoms with Crippen LogP contribution in [0.25, 0.3) is 0 Å². The van der Waals surface area contributed by atoms with E-state index in [0.29, 0.717) is 6.54 Å². The van der Waals surface area contributed by atoms with Crippen molar-refractivity contribution in [1.29, 1.82) is 0 Å². The monoisotopic (exact) mass is 317 g/mol. The summed E-state index contributed by atoms with van der Waals surface area (Å²) in [5.41, 5.74) is 1.22. The first kappa shape index (κ1) is 18.2. The van der Waals surface area contributed by atoms with Gasteiger partial charge in [0.15, 0.2) is 5.79 Å². The Morgan fingerprint density at radius 1 is 1.04 bits per heavy atom. The lowest BCUT2D eigenvalue weighted by Gasteiger charge is -2.16. The lowest BCUT2D eigenvalue weighted by atomic mass is 10.1. The number of ether oxygens (including phenoxy) is 2. The Morgan fingerprint density at radius 3 is 2.52 bits per heavy atom. The van der Waals surface area contributed by atoms with E-state index in [9.17, 15) is 0 Å². The van der Waals surface area contributed by atoms with Crippen LogP contribution in [-0.4, -0.2) is 24.2 Å². The van der Waals surface area contributed by atoms with Gasteiger partial charge in [-0.25, -0.2) is 0 Å². The minimum absolute atomic E-state index is 0.0279. The van der Waals surface area contributed by atoms with Crippen LogP contribution in [0.5, 0.6) is 0 Å². The average Bonchev–Trinajstić information content (AvgIpc) is 2.82. The van der Waals surface area contributed by atoms with Crippen LogP contribution < -0.4 is 0 Å². The van der Waals surface area contributed by atoms with Crippen molar-refractivity contribution in [3.8, 4) is 0 Å². The average molecular weight is 317 g/mol. The van der Waals surface area contributed by atoms with Crippen molar-refractivity contribution < 1.29 is 9.47 Å². The molecule has 0 N–H and O–H groups in total. The topological polar surface area (TPSA) is 30.8 Å². The zero-order valence-electron chi connectivity index (χ0n) is 14.8. The van der Waals surface area contributed by atoms with Gasteiger partial charge in [0.1, 0.15) is 6.10 Å². The maximum atomic E-state index is 6.06. The third-order valence-corrected chi connectivity index (χ3v) is 4.18. The van der Waals surface area contributed by atoms with Gasteiger partial charge in [-0.3, -0.25) is 4.99 Å². The number of aliphatic imine (C=N–C) groups is 1. The van der Waals surface area contributed by atoms with Crippen LogP contribution in [0.3, 0.4) is 0 Å². The Kier molecular flexibility index (Phi) is 7.25. The van der Waals surface area contributed by atoms with Gasteiger partial charge in [-0.15, -0.1) is 0 Å². The normalized spacial score (nSPS) is 23.6. The molecule has 1 fully saturated rings. The summed E-state index contributed by atoms with van der Waals surface area (Å²) in [5.74, 6) is -0.502. The third kappa shape index (κ3) is 6.44. The number of hydrogen-bond acceptors (Lipinski definition) is 3. The molecule has 0 aromatic heterocycles. The van der Waals surface area contributed by atoms with Gasteiger partial charge in [0, 0.05) is 6.21 Å². The van der Waals surface area contributed by atoms with Crippen molar-refractivity contribution in [2.75, 3.05) is 0 Å². The third-order valence-electron chi connectivity index (χ3n) is 4.18. The highest BCUT2D eigenvalue weighted by atomic mass is 16.7. The van der Waals surface area contributed by atoms with Crippen molar-refractivity contribution in [2.24, 2.45) is 4.99 Å². The van der Waals surface area contributed by atoms with Crippen LogP contribution in [0.2, 0.25) is 0 Å². The van der Waals surface area contributed by atoms with Crippen LogP contribution in [0.15, 0.2) is 35.3 Å². The van der Waals surface area contributed by atoms with E-state index in [4.69, 9.17) is 9.47 Å². The van der Waals surface area contributed by atoms with Crippen LogP contribution in [0, 0.1) is 0 Å². The smallest absolute Gasteiger partial charge is 0.164 e. The minimum atomic E-state index is -0.502. The van der Waals surface area contributed by atoms with E-state index >= 15 is 0 Å². The molecule has 23 heavy (non-hydrogen) atoms. The molecular weight excluding hydrogens is 286 g/mol. The van der Waals surface area contributed by atoms with Crippen molar-refractivity contribution in [3.05, 3.63) is 35.9 Å². The summed E-state index contributed by atoms with van der Waals surface area (Å²) in [6, 6.07) is 10.3. The van der Waals surface area contributed by atoms with Crippen LogP contribution in [0.1, 0.15) is 64.9 Å². The molecule has 0 amide bonds. The van der Waals surface area contributed by atoms with Gasteiger partial charge in [-0.05, 0) is 25.8 Å². The second-order valence-corrected chi connectivity index (χ2v) is 6.82. The van der Waals surface area contributed by atoms with Gasteiger partial charge in [0.25, 0.3) is 0 Å². The molecule has 0 radical (unpaired) electrons. The lowest BCUT2D eigenvalue weighted by Crippen LogP contribution is -2.24. The molecule has 2 rings (SSSR count). The number of benzene rings is 1. The standard InChI is InChI=1S/C20H31NO2/c1-4-5-6-7-11-14-18-19(23-20(2,3)22-18)16-21-15-17-12-9-8-10-13-17/h8-10,12-13,16,18-19H,4-7,11,14-15H2,1-3H3/t18-,19-/m0/s1. The van der Waals surface area contributed by atoms with Crippen molar-refractivity contribution in [2.45, 2.75) is 83.8 Å². The quantitative estimate of drug-likeness (QED) is 0.466.